The van der Waals surface area contributed by atoms with Crippen molar-refractivity contribution in [2.75, 3.05) is 0 Å². The van der Waals surface area contributed by atoms with Gasteiger partial charge >= 0.3 is 0 Å². The molecule has 0 saturated heterocycles. The summed E-state index contributed by atoms with van der Waals surface area (Å²) in [6.07, 6.45) is 0.749. The Morgan fingerprint density at radius 3 is 2.58 bits per heavy atom. The minimum atomic E-state index is 0.131. The number of rotatable bonds is 2. The van der Waals surface area contributed by atoms with E-state index in [0.717, 1.165) is 28.3 Å². The first-order valence-corrected chi connectivity index (χ1v) is 6.48. The Morgan fingerprint density at radius 2 is 1.84 bits per heavy atom. The number of aromatic hydroxyl groups is 1. The van der Waals surface area contributed by atoms with E-state index in [9.17, 15) is 5.11 Å². The van der Waals surface area contributed by atoms with E-state index in [1.54, 1.807) is 12.1 Å². The van der Waals surface area contributed by atoms with Gasteiger partial charge in [0.1, 0.15) is 5.75 Å². The van der Waals surface area contributed by atoms with E-state index in [1.807, 2.05) is 36.4 Å². The molecule has 96 valence electrons. The zero-order valence-corrected chi connectivity index (χ0v) is 10.9. The molecule has 2 N–H and O–H groups in total. The molecule has 3 nitrogen and oxygen atoms in total. The van der Waals surface area contributed by atoms with Gasteiger partial charge < -0.3 is 10.5 Å². The lowest BCUT2D eigenvalue weighted by Gasteiger charge is -2.10. The number of nitrogens with one attached hydrogen (secondary N) is 1. The number of para-hydroxylation sites is 1. The van der Waals surface area contributed by atoms with Gasteiger partial charge in [0.15, 0.2) is 0 Å². The Bertz CT molecular complexity index is 622. The summed E-state index contributed by atoms with van der Waals surface area (Å²) >= 11 is 5.88. The molecule has 0 radical (unpaired) electrons. The van der Waals surface area contributed by atoms with E-state index in [0.29, 0.717) is 0 Å². The molecular weight excluding hydrogens is 260 g/mol. The topological polar surface area (TPSA) is 44.6 Å². The summed E-state index contributed by atoms with van der Waals surface area (Å²) in [5.41, 5.74) is 5.90. The third-order valence-electron chi connectivity index (χ3n) is 3.24. The van der Waals surface area contributed by atoms with Crippen molar-refractivity contribution in [1.82, 2.24) is 5.43 Å². The van der Waals surface area contributed by atoms with Gasteiger partial charge in [-0.2, -0.15) is 5.10 Å². The predicted molar refractivity (Wildman–Crippen MR) is 76.6 cm³/mol. The highest BCUT2D eigenvalue weighted by atomic mass is 35.5. The third kappa shape index (κ3) is 2.42. The van der Waals surface area contributed by atoms with E-state index in [-0.39, 0.29) is 11.8 Å². The van der Waals surface area contributed by atoms with Crippen LogP contribution < -0.4 is 5.43 Å². The van der Waals surface area contributed by atoms with E-state index >= 15 is 0 Å². The molecule has 3 rings (SSSR count). The molecule has 0 bridgehead atoms. The molecule has 4 heteroatoms. The second-order valence-corrected chi connectivity index (χ2v) is 4.95. The van der Waals surface area contributed by atoms with Gasteiger partial charge in [-0.1, -0.05) is 35.9 Å². The Labute approximate surface area is 116 Å². The summed E-state index contributed by atoms with van der Waals surface area (Å²) in [5, 5.41) is 14.9. The second kappa shape index (κ2) is 4.94. The van der Waals surface area contributed by atoms with Crippen LogP contribution in [0.1, 0.15) is 23.6 Å². The average molecular weight is 273 g/mol. The van der Waals surface area contributed by atoms with Crippen LogP contribution in [0.2, 0.25) is 5.02 Å². The lowest BCUT2D eigenvalue weighted by atomic mass is 9.99. The number of benzene rings is 2. The lowest BCUT2D eigenvalue weighted by molar-refractivity contribution is 0.474. The maximum Gasteiger partial charge on any atom is 0.124 e. The van der Waals surface area contributed by atoms with Crippen LogP contribution >= 0.6 is 11.6 Å². The molecule has 1 atom stereocenters. The summed E-state index contributed by atoms with van der Waals surface area (Å²) in [6, 6.07) is 15.1. The number of hydrogen-bond acceptors (Lipinski definition) is 3. The lowest BCUT2D eigenvalue weighted by Crippen LogP contribution is -2.09. The fraction of sp³-hybridized carbons (Fsp3) is 0.133. The van der Waals surface area contributed by atoms with Gasteiger partial charge in [-0.25, -0.2) is 0 Å². The van der Waals surface area contributed by atoms with Gasteiger partial charge in [0.25, 0.3) is 0 Å². The second-order valence-electron chi connectivity index (χ2n) is 4.51. The molecule has 0 amide bonds. The number of hydrazone groups is 1. The fourth-order valence-electron chi connectivity index (χ4n) is 2.22. The predicted octanol–water partition coefficient (Wildman–Crippen LogP) is 3.48. The first kappa shape index (κ1) is 12.1. The standard InChI is InChI=1S/C15H13ClN2O/c16-11-7-5-10(6-8-11)13-9-14(18-17-13)12-3-1-2-4-15(12)19/h1-8,13,17,19H,9H2/t13-/m0/s1. The minimum Gasteiger partial charge on any atom is -0.507 e. The largest absolute Gasteiger partial charge is 0.507 e. The third-order valence-corrected chi connectivity index (χ3v) is 3.49. The molecule has 1 heterocycles. The number of nitrogens with zero attached hydrogens (tertiary/aromatic N) is 1. The van der Waals surface area contributed by atoms with Crippen molar-refractivity contribution in [3.05, 3.63) is 64.7 Å². The first-order chi connectivity index (χ1) is 9.24. The van der Waals surface area contributed by atoms with Crippen molar-refractivity contribution < 1.29 is 5.11 Å². The van der Waals surface area contributed by atoms with Gasteiger partial charge in [-0.15, -0.1) is 0 Å². The van der Waals surface area contributed by atoms with Gasteiger partial charge in [-0.05, 0) is 29.8 Å². The molecule has 2 aromatic rings. The fourth-order valence-corrected chi connectivity index (χ4v) is 2.34. The highest BCUT2D eigenvalue weighted by Crippen LogP contribution is 2.28. The van der Waals surface area contributed by atoms with Gasteiger partial charge in [-0.3, -0.25) is 0 Å². The molecule has 0 unspecified atom stereocenters. The highest BCUT2D eigenvalue weighted by Gasteiger charge is 2.22. The van der Waals surface area contributed by atoms with E-state index in [1.165, 1.54) is 0 Å². The molecule has 1 aliphatic heterocycles. The number of hydrogen-bond donors (Lipinski definition) is 2. The van der Waals surface area contributed by atoms with Crippen LogP contribution in [0, 0.1) is 0 Å². The van der Waals surface area contributed by atoms with Crippen LogP contribution in [0.15, 0.2) is 53.6 Å². The van der Waals surface area contributed by atoms with E-state index in [4.69, 9.17) is 11.6 Å². The van der Waals surface area contributed by atoms with Crippen molar-refractivity contribution >= 4 is 17.3 Å². The van der Waals surface area contributed by atoms with E-state index < -0.39 is 0 Å². The van der Waals surface area contributed by atoms with Crippen molar-refractivity contribution in [2.24, 2.45) is 5.10 Å². The molecule has 0 aromatic heterocycles. The Kier molecular flexibility index (Phi) is 3.13. The highest BCUT2D eigenvalue weighted by molar-refractivity contribution is 6.30. The Hall–Kier alpha value is -2.00. The zero-order valence-electron chi connectivity index (χ0n) is 10.2. The molecular formula is C15H13ClN2O. The van der Waals surface area contributed by atoms with Crippen LogP contribution in [-0.4, -0.2) is 10.8 Å². The zero-order chi connectivity index (χ0) is 13.2. The number of phenols is 1. The maximum atomic E-state index is 9.84. The molecule has 0 aliphatic carbocycles. The van der Waals surface area contributed by atoms with E-state index in [2.05, 4.69) is 10.5 Å². The Balaban J connectivity index is 1.80. The average Bonchev–Trinajstić information content (AvgIpc) is 2.89. The smallest absolute Gasteiger partial charge is 0.124 e. The van der Waals surface area contributed by atoms with Gasteiger partial charge in [0, 0.05) is 17.0 Å². The number of halogens is 1. The molecule has 19 heavy (non-hydrogen) atoms. The quantitative estimate of drug-likeness (QED) is 0.879. The molecule has 0 fully saturated rings. The molecule has 2 aromatic carbocycles. The van der Waals surface area contributed by atoms with Crippen molar-refractivity contribution in [2.45, 2.75) is 12.5 Å². The summed E-state index contributed by atoms with van der Waals surface area (Å²) in [7, 11) is 0. The van der Waals surface area contributed by atoms with Crippen LogP contribution in [0.5, 0.6) is 5.75 Å². The van der Waals surface area contributed by atoms with Crippen LogP contribution in [0.3, 0.4) is 0 Å². The van der Waals surface area contributed by atoms with Crippen LogP contribution in [0.25, 0.3) is 0 Å². The van der Waals surface area contributed by atoms with Crippen molar-refractivity contribution in [3.63, 3.8) is 0 Å². The van der Waals surface area contributed by atoms with Gasteiger partial charge in [0.05, 0.1) is 11.8 Å². The Morgan fingerprint density at radius 1 is 1.11 bits per heavy atom. The monoisotopic (exact) mass is 272 g/mol. The van der Waals surface area contributed by atoms with Gasteiger partial charge in [0.2, 0.25) is 0 Å². The van der Waals surface area contributed by atoms with Crippen LogP contribution in [0.4, 0.5) is 0 Å². The van der Waals surface area contributed by atoms with Crippen molar-refractivity contribution in [3.8, 4) is 5.75 Å². The maximum absolute atomic E-state index is 9.84. The first-order valence-electron chi connectivity index (χ1n) is 6.10. The van der Waals surface area contributed by atoms with Crippen molar-refractivity contribution in [1.29, 1.82) is 0 Å². The molecule has 0 saturated carbocycles. The summed E-state index contributed by atoms with van der Waals surface area (Å²) in [5.74, 6) is 0.264. The summed E-state index contributed by atoms with van der Waals surface area (Å²) in [6.45, 7) is 0. The number of phenolic OH excluding ortho intramolecular Hbond substituents is 1. The molecule has 1 aliphatic rings. The summed E-state index contributed by atoms with van der Waals surface area (Å²) < 4.78 is 0. The normalized spacial score (nSPS) is 17.9. The molecule has 0 spiro atoms. The SMILES string of the molecule is Oc1ccccc1C1=NN[C@H](c2ccc(Cl)cc2)C1. The summed E-state index contributed by atoms with van der Waals surface area (Å²) in [4.78, 5) is 0. The van der Waals surface area contributed by atoms with Crippen LogP contribution in [-0.2, 0) is 0 Å². The minimum absolute atomic E-state index is 0.131.